The molecule has 3 heterocycles. The Balaban J connectivity index is 1.95. The average Bonchev–Trinajstić information content (AvgIpc) is 3.08. The Kier molecular flexibility index (Phi) is 2.78. The highest BCUT2D eigenvalue weighted by Gasteiger charge is 2.12. The van der Waals surface area contributed by atoms with Gasteiger partial charge >= 0.3 is 0 Å². The van der Waals surface area contributed by atoms with Crippen LogP contribution in [0.25, 0.3) is 22.2 Å². The van der Waals surface area contributed by atoms with Gasteiger partial charge in [0, 0.05) is 6.20 Å². The van der Waals surface area contributed by atoms with Gasteiger partial charge in [0.2, 0.25) is 11.8 Å². The third kappa shape index (κ3) is 2.21. The Hall–Kier alpha value is -2.59. The number of hydrogen-bond donors (Lipinski definition) is 0. The van der Waals surface area contributed by atoms with Gasteiger partial charge in [-0.3, -0.25) is 0 Å². The third-order valence-electron chi connectivity index (χ3n) is 2.33. The zero-order chi connectivity index (χ0) is 13.2. The maximum atomic E-state index is 12.7. The lowest BCUT2D eigenvalue weighted by Crippen LogP contribution is -1.83. The summed E-state index contributed by atoms with van der Waals surface area (Å²) in [4.78, 5) is 4.80. The topological polar surface area (TPSA) is 75.6 Å². The second-order valence-corrected chi connectivity index (χ2v) is 4.64. The first-order chi connectivity index (χ1) is 9.26. The molecule has 0 saturated carbocycles. The van der Waals surface area contributed by atoms with E-state index in [1.807, 2.05) is 6.07 Å². The molecule has 0 bridgehead atoms. The molecule has 19 heavy (non-hydrogen) atoms. The predicted molar refractivity (Wildman–Crippen MR) is 65.5 cm³/mol. The smallest absolute Gasteiger partial charge is 0.258 e. The lowest BCUT2D eigenvalue weighted by molar-refractivity contribution is 0.576. The second kappa shape index (κ2) is 4.59. The lowest BCUT2D eigenvalue weighted by Gasteiger charge is -1.92. The van der Waals surface area contributed by atoms with E-state index in [2.05, 4.69) is 15.2 Å². The van der Waals surface area contributed by atoms with E-state index in [0.29, 0.717) is 21.2 Å². The van der Waals surface area contributed by atoms with Crippen LogP contribution >= 0.6 is 11.3 Å². The van der Waals surface area contributed by atoms with Gasteiger partial charge in [-0.25, -0.2) is 4.98 Å². The van der Waals surface area contributed by atoms with Crippen molar-refractivity contribution in [3.63, 3.8) is 0 Å². The fraction of sp³-hybridized carbons (Fsp3) is 0. The minimum Gasteiger partial charge on any atom is -0.415 e. The fourth-order valence-corrected chi connectivity index (χ4v) is 2.18. The van der Waals surface area contributed by atoms with Crippen molar-refractivity contribution in [1.82, 2.24) is 15.2 Å². The highest BCUT2D eigenvalue weighted by Crippen LogP contribution is 2.28. The summed E-state index contributed by atoms with van der Waals surface area (Å²) < 4.78 is 18.2. The van der Waals surface area contributed by atoms with Gasteiger partial charge in [0.1, 0.15) is 10.9 Å². The maximum absolute atomic E-state index is 12.7. The molecule has 0 aliphatic carbocycles. The molecular formula is C12H5FN4OS. The average molecular weight is 272 g/mol. The van der Waals surface area contributed by atoms with Crippen LogP contribution in [0.15, 0.2) is 34.9 Å². The van der Waals surface area contributed by atoms with Gasteiger partial charge < -0.3 is 4.42 Å². The van der Waals surface area contributed by atoms with Crippen LogP contribution in [0, 0.1) is 17.3 Å². The van der Waals surface area contributed by atoms with E-state index >= 15 is 0 Å². The highest BCUT2D eigenvalue weighted by atomic mass is 32.1. The number of nitriles is 1. The largest absolute Gasteiger partial charge is 0.415 e. The SMILES string of the molecule is N#Cc1ccc(-c2nnc(-c3ccc(F)nc3)o2)s1. The number of halogens is 1. The standard InChI is InChI=1S/C12H5FN4OS/c13-10-4-1-7(6-15-10)11-16-17-12(18-11)9-3-2-8(5-14)19-9/h1-4,6H. The minimum atomic E-state index is -0.569. The molecule has 0 N–H and O–H groups in total. The molecule has 0 spiro atoms. The number of hydrogen-bond acceptors (Lipinski definition) is 6. The Morgan fingerprint density at radius 2 is 2.00 bits per heavy atom. The normalized spacial score (nSPS) is 10.3. The molecule has 0 atom stereocenters. The van der Waals surface area contributed by atoms with Crippen LogP contribution in [0.5, 0.6) is 0 Å². The van der Waals surface area contributed by atoms with Crippen LogP contribution in [0.1, 0.15) is 4.88 Å². The summed E-state index contributed by atoms with van der Waals surface area (Å²) in [6, 6.07) is 8.19. The number of aromatic nitrogens is 3. The van der Waals surface area contributed by atoms with Gasteiger partial charge in [-0.05, 0) is 24.3 Å². The molecule has 3 aromatic heterocycles. The summed E-state index contributed by atoms with van der Waals surface area (Å²) in [5, 5.41) is 16.5. The van der Waals surface area contributed by atoms with Gasteiger partial charge in [-0.1, -0.05) is 0 Å². The molecule has 0 aliphatic rings. The molecule has 0 amide bonds. The molecule has 5 nitrogen and oxygen atoms in total. The summed E-state index contributed by atoms with van der Waals surface area (Å²) in [7, 11) is 0. The van der Waals surface area contributed by atoms with Gasteiger partial charge in [0.25, 0.3) is 5.89 Å². The summed E-state index contributed by atoms with van der Waals surface area (Å²) in [6.45, 7) is 0. The zero-order valence-electron chi connectivity index (χ0n) is 9.37. The second-order valence-electron chi connectivity index (χ2n) is 3.56. The van der Waals surface area contributed by atoms with Gasteiger partial charge in [0.15, 0.2) is 0 Å². The predicted octanol–water partition coefficient (Wildman–Crippen LogP) is 2.87. The van der Waals surface area contributed by atoms with Crippen LogP contribution < -0.4 is 0 Å². The van der Waals surface area contributed by atoms with E-state index in [-0.39, 0.29) is 5.89 Å². The minimum absolute atomic E-state index is 0.259. The molecular weight excluding hydrogens is 267 g/mol. The van der Waals surface area contributed by atoms with E-state index in [1.165, 1.54) is 29.7 Å². The van der Waals surface area contributed by atoms with E-state index in [9.17, 15) is 4.39 Å². The molecule has 0 saturated heterocycles. The molecule has 0 aliphatic heterocycles. The molecule has 0 fully saturated rings. The van der Waals surface area contributed by atoms with Gasteiger partial charge in [0.05, 0.1) is 10.4 Å². The molecule has 92 valence electrons. The van der Waals surface area contributed by atoms with Crippen LogP contribution in [0.4, 0.5) is 4.39 Å². The first-order valence-electron chi connectivity index (χ1n) is 5.22. The number of nitrogens with zero attached hydrogens (tertiary/aromatic N) is 4. The lowest BCUT2D eigenvalue weighted by atomic mass is 10.3. The maximum Gasteiger partial charge on any atom is 0.258 e. The van der Waals surface area contributed by atoms with Crippen molar-refractivity contribution in [1.29, 1.82) is 5.26 Å². The molecule has 3 aromatic rings. The summed E-state index contributed by atoms with van der Waals surface area (Å²) in [5.41, 5.74) is 0.539. The first-order valence-corrected chi connectivity index (χ1v) is 6.03. The third-order valence-corrected chi connectivity index (χ3v) is 3.30. The fourth-order valence-electron chi connectivity index (χ4n) is 1.45. The van der Waals surface area contributed by atoms with Crippen molar-refractivity contribution in [3.8, 4) is 28.3 Å². The van der Waals surface area contributed by atoms with Gasteiger partial charge in [-0.2, -0.15) is 9.65 Å². The van der Waals surface area contributed by atoms with Crippen LogP contribution in [-0.4, -0.2) is 15.2 Å². The van der Waals surface area contributed by atoms with Crippen molar-refractivity contribution >= 4 is 11.3 Å². The van der Waals surface area contributed by atoms with E-state index in [4.69, 9.17) is 9.68 Å². The first kappa shape index (κ1) is 11.5. The number of thiophene rings is 1. The summed E-state index contributed by atoms with van der Waals surface area (Å²) in [6.07, 6.45) is 1.32. The Bertz CT molecular complexity index is 757. The van der Waals surface area contributed by atoms with Gasteiger partial charge in [-0.15, -0.1) is 21.5 Å². The Labute approximate surface area is 111 Å². The summed E-state index contributed by atoms with van der Waals surface area (Å²) >= 11 is 1.26. The van der Waals surface area contributed by atoms with Crippen LogP contribution in [-0.2, 0) is 0 Å². The van der Waals surface area contributed by atoms with E-state index in [1.54, 1.807) is 12.1 Å². The molecule has 0 radical (unpaired) electrons. The van der Waals surface area contributed by atoms with E-state index < -0.39 is 5.95 Å². The van der Waals surface area contributed by atoms with E-state index in [0.717, 1.165) is 0 Å². The zero-order valence-corrected chi connectivity index (χ0v) is 10.2. The van der Waals surface area contributed by atoms with Crippen molar-refractivity contribution < 1.29 is 8.81 Å². The number of pyridine rings is 1. The van der Waals surface area contributed by atoms with Crippen molar-refractivity contribution in [2.75, 3.05) is 0 Å². The van der Waals surface area contributed by atoms with Crippen molar-refractivity contribution in [3.05, 3.63) is 41.3 Å². The molecule has 0 unspecified atom stereocenters. The van der Waals surface area contributed by atoms with Crippen molar-refractivity contribution in [2.45, 2.75) is 0 Å². The van der Waals surface area contributed by atoms with Crippen LogP contribution in [0.2, 0.25) is 0 Å². The Morgan fingerprint density at radius 3 is 2.68 bits per heavy atom. The molecule has 3 rings (SSSR count). The number of rotatable bonds is 2. The molecule has 0 aromatic carbocycles. The van der Waals surface area contributed by atoms with Crippen LogP contribution in [0.3, 0.4) is 0 Å². The van der Waals surface area contributed by atoms with Crippen molar-refractivity contribution in [2.24, 2.45) is 0 Å². The Morgan fingerprint density at radius 1 is 1.16 bits per heavy atom. The molecule has 7 heteroatoms. The summed E-state index contributed by atoms with van der Waals surface area (Å²) in [5.74, 6) is 0.0145. The quantitative estimate of drug-likeness (QED) is 0.670. The monoisotopic (exact) mass is 272 g/mol. The highest BCUT2D eigenvalue weighted by molar-refractivity contribution is 7.15.